The summed E-state index contributed by atoms with van der Waals surface area (Å²) in [6.07, 6.45) is -6.44. The van der Waals surface area contributed by atoms with E-state index in [0.717, 1.165) is 29.3 Å². The Labute approximate surface area is 230 Å². The SMILES string of the molecule is FC(F)(F)CN1CC(N2Cc3cc(Cl)ccc3-n3c(nnc3C3CCN(c4nccc(C(F)(F)F)n4)CC3)C2)C1. The molecule has 15 heteroatoms. The van der Waals surface area contributed by atoms with Gasteiger partial charge in [0.25, 0.3) is 0 Å². The van der Waals surface area contributed by atoms with Crippen LogP contribution < -0.4 is 4.90 Å². The van der Waals surface area contributed by atoms with Crippen LogP contribution in [0, 0.1) is 0 Å². The summed E-state index contributed by atoms with van der Waals surface area (Å²) in [4.78, 5) is 13.0. The molecule has 5 heterocycles. The molecule has 6 rings (SSSR count). The minimum Gasteiger partial charge on any atom is -0.341 e. The molecule has 0 unspecified atom stereocenters. The van der Waals surface area contributed by atoms with Gasteiger partial charge in [0, 0.05) is 55.9 Å². The third kappa shape index (κ3) is 5.48. The average Bonchev–Trinajstić information content (AvgIpc) is 3.21. The molecule has 40 heavy (non-hydrogen) atoms. The van der Waals surface area contributed by atoms with Crippen molar-refractivity contribution in [3.8, 4) is 5.69 Å². The van der Waals surface area contributed by atoms with Gasteiger partial charge in [-0.1, -0.05) is 11.6 Å². The van der Waals surface area contributed by atoms with Crippen molar-refractivity contribution in [2.75, 3.05) is 37.6 Å². The van der Waals surface area contributed by atoms with Crippen molar-refractivity contribution < 1.29 is 26.3 Å². The van der Waals surface area contributed by atoms with Gasteiger partial charge in [0.15, 0.2) is 5.82 Å². The lowest BCUT2D eigenvalue weighted by Crippen LogP contribution is -2.60. The molecular weight excluding hydrogens is 562 g/mol. The van der Waals surface area contributed by atoms with Crippen LogP contribution in [0.1, 0.15) is 41.7 Å². The Hall–Kier alpha value is -2.97. The summed E-state index contributed by atoms with van der Waals surface area (Å²) in [6.45, 7) is 1.52. The highest BCUT2D eigenvalue weighted by Gasteiger charge is 2.41. The predicted molar refractivity (Wildman–Crippen MR) is 133 cm³/mol. The van der Waals surface area contributed by atoms with E-state index in [9.17, 15) is 26.3 Å². The van der Waals surface area contributed by atoms with E-state index in [1.165, 1.54) is 4.90 Å². The maximum atomic E-state index is 13.1. The standard InChI is InChI=1S/C25H25ClF6N8/c26-17-1-2-19-16(9-17)10-39(18-11-37(12-18)14-24(27,28)29)13-21-35-36-22(40(19)21)15-4-7-38(8-5-15)23-33-6-3-20(34-23)25(30,31)32/h1-3,6,9,15,18H,4-5,7-8,10-14H2. The number of piperidine rings is 1. The van der Waals surface area contributed by atoms with Crippen LogP contribution in [-0.4, -0.2) is 79.5 Å². The average molecular weight is 587 g/mol. The maximum Gasteiger partial charge on any atom is 0.433 e. The van der Waals surface area contributed by atoms with Gasteiger partial charge in [-0.05, 0) is 42.7 Å². The van der Waals surface area contributed by atoms with Gasteiger partial charge in [0.05, 0.1) is 18.8 Å². The van der Waals surface area contributed by atoms with Gasteiger partial charge >= 0.3 is 12.4 Å². The molecular formula is C25H25ClF6N8. The van der Waals surface area contributed by atoms with E-state index >= 15 is 0 Å². The third-order valence-electron chi connectivity index (χ3n) is 7.69. The first-order valence-electron chi connectivity index (χ1n) is 12.9. The van der Waals surface area contributed by atoms with Crippen LogP contribution in [0.4, 0.5) is 32.3 Å². The Bertz CT molecular complexity index is 1380. The number of hydrogen-bond acceptors (Lipinski definition) is 7. The van der Waals surface area contributed by atoms with Crippen LogP contribution in [0.2, 0.25) is 5.02 Å². The Balaban J connectivity index is 1.22. The van der Waals surface area contributed by atoms with Crippen LogP contribution in [0.3, 0.4) is 0 Å². The smallest absolute Gasteiger partial charge is 0.341 e. The molecule has 1 aromatic carbocycles. The summed E-state index contributed by atoms with van der Waals surface area (Å²) in [5.74, 6) is 1.47. The molecule has 3 aliphatic rings. The molecule has 0 amide bonds. The summed E-state index contributed by atoms with van der Waals surface area (Å²) in [7, 11) is 0. The summed E-state index contributed by atoms with van der Waals surface area (Å²) in [5, 5.41) is 9.56. The number of aromatic nitrogens is 5. The normalized spacial score (nSPS) is 19.7. The number of nitrogens with zero attached hydrogens (tertiary/aromatic N) is 8. The van der Waals surface area contributed by atoms with Crippen LogP contribution in [0.5, 0.6) is 0 Å². The topological polar surface area (TPSA) is 66.2 Å². The molecule has 0 atom stereocenters. The number of halogens is 7. The maximum absolute atomic E-state index is 13.1. The van der Waals surface area contributed by atoms with E-state index in [0.29, 0.717) is 63.0 Å². The van der Waals surface area contributed by atoms with Gasteiger partial charge in [0.2, 0.25) is 5.95 Å². The number of likely N-dealkylation sites (tertiary alicyclic amines) is 1. The second-order valence-corrected chi connectivity index (χ2v) is 10.9. The fourth-order valence-electron chi connectivity index (χ4n) is 5.73. The van der Waals surface area contributed by atoms with Gasteiger partial charge in [0.1, 0.15) is 11.5 Å². The number of benzene rings is 1. The lowest BCUT2D eigenvalue weighted by atomic mass is 9.95. The monoisotopic (exact) mass is 586 g/mol. The van der Waals surface area contributed by atoms with E-state index in [-0.39, 0.29) is 17.9 Å². The molecule has 3 aliphatic heterocycles. The van der Waals surface area contributed by atoms with Gasteiger partial charge < -0.3 is 4.90 Å². The van der Waals surface area contributed by atoms with Crippen molar-refractivity contribution in [1.82, 2.24) is 34.5 Å². The van der Waals surface area contributed by atoms with E-state index in [1.54, 1.807) is 11.0 Å². The highest BCUT2D eigenvalue weighted by molar-refractivity contribution is 6.30. The summed E-state index contributed by atoms with van der Waals surface area (Å²) < 4.78 is 79.8. The minimum atomic E-state index is -4.55. The molecule has 214 valence electrons. The van der Waals surface area contributed by atoms with E-state index in [4.69, 9.17) is 11.6 Å². The molecule has 2 aromatic heterocycles. The zero-order valence-electron chi connectivity index (χ0n) is 21.1. The van der Waals surface area contributed by atoms with Gasteiger partial charge in [-0.25, -0.2) is 9.97 Å². The Kier molecular flexibility index (Phi) is 6.90. The first-order chi connectivity index (χ1) is 18.9. The van der Waals surface area contributed by atoms with Crippen molar-refractivity contribution in [2.45, 2.75) is 50.2 Å². The number of anilines is 1. The molecule has 0 N–H and O–H groups in total. The molecule has 0 aliphatic carbocycles. The molecule has 0 bridgehead atoms. The van der Waals surface area contributed by atoms with Crippen molar-refractivity contribution >= 4 is 17.5 Å². The first-order valence-corrected chi connectivity index (χ1v) is 13.2. The summed E-state index contributed by atoms with van der Waals surface area (Å²) >= 11 is 6.32. The number of fused-ring (bicyclic) bond motifs is 3. The number of alkyl halides is 6. The first kappa shape index (κ1) is 27.2. The summed E-state index contributed by atoms with van der Waals surface area (Å²) in [5.41, 5.74) is 0.823. The van der Waals surface area contributed by atoms with E-state index in [1.807, 2.05) is 16.7 Å². The highest BCUT2D eigenvalue weighted by atomic mass is 35.5. The van der Waals surface area contributed by atoms with Gasteiger partial charge in [-0.15, -0.1) is 10.2 Å². The molecule has 0 saturated carbocycles. The van der Waals surface area contributed by atoms with Crippen LogP contribution in [-0.2, 0) is 19.3 Å². The molecule has 0 radical (unpaired) electrons. The third-order valence-corrected chi connectivity index (χ3v) is 7.92. The zero-order chi connectivity index (χ0) is 28.2. The Morgan fingerprint density at radius 1 is 0.950 bits per heavy atom. The second-order valence-electron chi connectivity index (χ2n) is 10.5. The van der Waals surface area contributed by atoms with Crippen LogP contribution in [0.25, 0.3) is 5.69 Å². The quantitative estimate of drug-likeness (QED) is 0.412. The zero-order valence-corrected chi connectivity index (χ0v) is 21.9. The molecule has 2 saturated heterocycles. The van der Waals surface area contributed by atoms with E-state index in [2.05, 4.69) is 25.1 Å². The minimum absolute atomic E-state index is 0.00985. The summed E-state index contributed by atoms with van der Waals surface area (Å²) in [6, 6.07) is 6.34. The van der Waals surface area contributed by atoms with Gasteiger partial charge in [-0.3, -0.25) is 14.4 Å². The van der Waals surface area contributed by atoms with E-state index < -0.39 is 24.6 Å². The highest BCUT2D eigenvalue weighted by Crippen LogP contribution is 2.36. The van der Waals surface area contributed by atoms with Crippen molar-refractivity contribution in [3.63, 3.8) is 0 Å². The van der Waals surface area contributed by atoms with Crippen molar-refractivity contribution in [3.05, 3.63) is 58.4 Å². The van der Waals surface area contributed by atoms with Crippen LogP contribution in [0.15, 0.2) is 30.5 Å². The predicted octanol–water partition coefficient (Wildman–Crippen LogP) is 4.68. The molecule has 8 nitrogen and oxygen atoms in total. The lowest BCUT2D eigenvalue weighted by molar-refractivity contribution is -0.161. The van der Waals surface area contributed by atoms with Crippen molar-refractivity contribution in [2.24, 2.45) is 0 Å². The Morgan fingerprint density at radius 3 is 2.40 bits per heavy atom. The van der Waals surface area contributed by atoms with Crippen LogP contribution >= 0.6 is 11.6 Å². The number of hydrogen-bond donors (Lipinski definition) is 0. The van der Waals surface area contributed by atoms with Gasteiger partial charge in [-0.2, -0.15) is 26.3 Å². The largest absolute Gasteiger partial charge is 0.433 e. The molecule has 2 fully saturated rings. The molecule has 3 aromatic rings. The lowest BCUT2D eigenvalue weighted by Gasteiger charge is -2.45. The van der Waals surface area contributed by atoms with Crippen molar-refractivity contribution in [1.29, 1.82) is 0 Å². The fraction of sp³-hybridized carbons (Fsp3) is 0.520. The second kappa shape index (κ2) is 10.1. The molecule has 0 spiro atoms. The Morgan fingerprint density at radius 2 is 1.70 bits per heavy atom. The number of rotatable bonds is 4. The fourth-order valence-corrected chi connectivity index (χ4v) is 5.92.